The van der Waals surface area contributed by atoms with Crippen LogP contribution in [0.3, 0.4) is 0 Å². The summed E-state index contributed by atoms with van der Waals surface area (Å²) in [7, 11) is 0. The number of halogens is 1. The molecule has 0 saturated carbocycles. The third-order valence-corrected chi connectivity index (χ3v) is 4.10. The Labute approximate surface area is 118 Å². The highest BCUT2D eigenvalue weighted by Crippen LogP contribution is 2.24. The molecule has 0 amide bonds. The van der Waals surface area contributed by atoms with Crippen LogP contribution < -0.4 is 0 Å². The number of alkyl halides is 1. The molecule has 0 bridgehead atoms. The van der Waals surface area contributed by atoms with Crippen molar-refractivity contribution < 1.29 is 0 Å². The molecule has 0 heterocycles. The Morgan fingerprint density at radius 3 is 2.06 bits per heavy atom. The molecular formula is C17H19Br. The third kappa shape index (κ3) is 3.99. The smallest absolute Gasteiger partial charge is 0.0100 e. The van der Waals surface area contributed by atoms with Gasteiger partial charge >= 0.3 is 0 Å². The lowest BCUT2D eigenvalue weighted by atomic mass is 9.94. The molecule has 94 valence electrons. The van der Waals surface area contributed by atoms with Gasteiger partial charge in [0.15, 0.2) is 0 Å². The number of rotatable bonds is 6. The van der Waals surface area contributed by atoms with Gasteiger partial charge in [-0.15, -0.1) is 0 Å². The maximum absolute atomic E-state index is 3.64. The Balaban J connectivity index is 1.85. The van der Waals surface area contributed by atoms with Crippen LogP contribution in [0.4, 0.5) is 0 Å². The fourth-order valence-corrected chi connectivity index (χ4v) is 2.95. The molecule has 2 aromatic rings. The van der Waals surface area contributed by atoms with E-state index in [1.54, 1.807) is 0 Å². The molecule has 2 aromatic carbocycles. The van der Waals surface area contributed by atoms with Crippen LogP contribution in [0.5, 0.6) is 0 Å². The van der Waals surface area contributed by atoms with Gasteiger partial charge in [0.05, 0.1) is 0 Å². The zero-order valence-electron chi connectivity index (χ0n) is 10.6. The molecule has 0 spiro atoms. The summed E-state index contributed by atoms with van der Waals surface area (Å²) < 4.78 is 0. The van der Waals surface area contributed by atoms with Gasteiger partial charge in [-0.25, -0.2) is 0 Å². The summed E-state index contributed by atoms with van der Waals surface area (Å²) >= 11 is 3.64. The second kappa shape index (κ2) is 7.38. The largest absolute Gasteiger partial charge is 0.0921 e. The monoisotopic (exact) mass is 302 g/mol. The standard InChI is InChI=1S/C17H19Br/c18-14-17(16-11-5-2-6-12-16)13-7-10-15-8-3-1-4-9-15/h1-6,8-9,11-12,17H,7,10,13-14H2. The molecule has 1 unspecified atom stereocenters. The van der Waals surface area contributed by atoms with Gasteiger partial charge in [0.25, 0.3) is 0 Å². The molecule has 1 atom stereocenters. The van der Waals surface area contributed by atoms with Crippen LogP contribution in [0.15, 0.2) is 60.7 Å². The van der Waals surface area contributed by atoms with E-state index in [0.29, 0.717) is 5.92 Å². The number of hydrogen-bond acceptors (Lipinski definition) is 0. The highest BCUT2D eigenvalue weighted by atomic mass is 79.9. The van der Waals surface area contributed by atoms with Crippen molar-refractivity contribution in [1.29, 1.82) is 0 Å². The van der Waals surface area contributed by atoms with Crippen LogP contribution in [0.1, 0.15) is 29.9 Å². The SMILES string of the molecule is BrCC(CCCc1ccccc1)c1ccccc1. The van der Waals surface area contributed by atoms with E-state index in [9.17, 15) is 0 Å². The van der Waals surface area contributed by atoms with Gasteiger partial charge in [0.2, 0.25) is 0 Å². The van der Waals surface area contributed by atoms with E-state index in [-0.39, 0.29) is 0 Å². The molecule has 0 aliphatic heterocycles. The van der Waals surface area contributed by atoms with Crippen molar-refractivity contribution in [2.75, 3.05) is 5.33 Å². The fraction of sp³-hybridized carbons (Fsp3) is 0.294. The normalized spacial score (nSPS) is 12.3. The molecule has 0 nitrogen and oxygen atoms in total. The van der Waals surface area contributed by atoms with Crippen molar-refractivity contribution in [3.8, 4) is 0 Å². The Morgan fingerprint density at radius 2 is 1.44 bits per heavy atom. The van der Waals surface area contributed by atoms with Gasteiger partial charge in [0, 0.05) is 5.33 Å². The number of benzene rings is 2. The summed E-state index contributed by atoms with van der Waals surface area (Å²) in [6, 6.07) is 21.5. The van der Waals surface area contributed by atoms with E-state index in [2.05, 4.69) is 76.6 Å². The average molecular weight is 303 g/mol. The van der Waals surface area contributed by atoms with Gasteiger partial charge < -0.3 is 0 Å². The van der Waals surface area contributed by atoms with E-state index >= 15 is 0 Å². The van der Waals surface area contributed by atoms with Crippen molar-refractivity contribution >= 4 is 15.9 Å². The van der Waals surface area contributed by atoms with Gasteiger partial charge in [-0.2, -0.15) is 0 Å². The number of hydrogen-bond donors (Lipinski definition) is 0. The van der Waals surface area contributed by atoms with Gasteiger partial charge in [-0.05, 0) is 36.3 Å². The molecule has 0 aromatic heterocycles. The van der Waals surface area contributed by atoms with Crippen molar-refractivity contribution in [2.24, 2.45) is 0 Å². The highest BCUT2D eigenvalue weighted by molar-refractivity contribution is 9.09. The van der Waals surface area contributed by atoms with Crippen LogP contribution in [0.25, 0.3) is 0 Å². The van der Waals surface area contributed by atoms with E-state index in [1.165, 1.54) is 30.4 Å². The van der Waals surface area contributed by atoms with Gasteiger partial charge in [-0.1, -0.05) is 76.6 Å². The van der Waals surface area contributed by atoms with Crippen molar-refractivity contribution in [2.45, 2.75) is 25.2 Å². The molecular weight excluding hydrogens is 284 g/mol. The van der Waals surface area contributed by atoms with Gasteiger partial charge in [0.1, 0.15) is 0 Å². The van der Waals surface area contributed by atoms with Crippen molar-refractivity contribution in [1.82, 2.24) is 0 Å². The topological polar surface area (TPSA) is 0 Å². The first-order chi connectivity index (χ1) is 8.90. The summed E-state index contributed by atoms with van der Waals surface area (Å²) in [6.45, 7) is 0. The number of aryl methyl sites for hydroxylation is 1. The highest BCUT2D eigenvalue weighted by Gasteiger charge is 2.09. The maximum Gasteiger partial charge on any atom is 0.0100 e. The van der Waals surface area contributed by atoms with Crippen LogP contribution in [0.2, 0.25) is 0 Å². The molecule has 0 aliphatic carbocycles. The van der Waals surface area contributed by atoms with Crippen molar-refractivity contribution in [3.63, 3.8) is 0 Å². The zero-order chi connectivity index (χ0) is 12.6. The fourth-order valence-electron chi connectivity index (χ4n) is 2.26. The van der Waals surface area contributed by atoms with Crippen molar-refractivity contribution in [3.05, 3.63) is 71.8 Å². The zero-order valence-corrected chi connectivity index (χ0v) is 12.1. The van der Waals surface area contributed by atoms with Crippen LogP contribution >= 0.6 is 15.9 Å². The second-order valence-corrected chi connectivity index (χ2v) is 5.29. The molecule has 18 heavy (non-hydrogen) atoms. The summed E-state index contributed by atoms with van der Waals surface area (Å²) in [6.07, 6.45) is 3.66. The lowest BCUT2D eigenvalue weighted by molar-refractivity contribution is 0.643. The van der Waals surface area contributed by atoms with E-state index in [1.807, 2.05) is 0 Å². The Bertz CT molecular complexity index is 436. The van der Waals surface area contributed by atoms with Crippen LogP contribution in [-0.4, -0.2) is 5.33 Å². The predicted octanol–water partition coefficient (Wildman–Crippen LogP) is 5.19. The molecule has 1 heteroatoms. The molecule has 0 saturated heterocycles. The summed E-state index contributed by atoms with van der Waals surface area (Å²) in [5.41, 5.74) is 2.89. The molecule has 0 N–H and O–H groups in total. The second-order valence-electron chi connectivity index (χ2n) is 4.64. The van der Waals surface area contributed by atoms with Crippen LogP contribution in [0, 0.1) is 0 Å². The minimum Gasteiger partial charge on any atom is -0.0921 e. The summed E-state index contributed by atoms with van der Waals surface area (Å²) in [5, 5.41) is 1.05. The Hall–Kier alpha value is -1.08. The summed E-state index contributed by atoms with van der Waals surface area (Å²) in [5.74, 6) is 0.634. The van der Waals surface area contributed by atoms with E-state index in [0.717, 1.165) is 5.33 Å². The summed E-state index contributed by atoms with van der Waals surface area (Å²) in [4.78, 5) is 0. The lowest BCUT2D eigenvalue weighted by Crippen LogP contribution is -2.01. The predicted molar refractivity (Wildman–Crippen MR) is 82.4 cm³/mol. The van der Waals surface area contributed by atoms with Gasteiger partial charge in [-0.3, -0.25) is 0 Å². The molecule has 0 aliphatic rings. The minimum atomic E-state index is 0.634. The molecule has 0 fully saturated rings. The molecule has 0 radical (unpaired) electrons. The Morgan fingerprint density at radius 1 is 0.833 bits per heavy atom. The Kier molecular flexibility index (Phi) is 5.47. The third-order valence-electron chi connectivity index (χ3n) is 3.32. The quantitative estimate of drug-likeness (QED) is 0.644. The first kappa shape index (κ1) is 13.4. The van der Waals surface area contributed by atoms with Crippen LogP contribution in [-0.2, 0) is 6.42 Å². The molecule has 2 rings (SSSR count). The minimum absolute atomic E-state index is 0.634. The first-order valence-electron chi connectivity index (χ1n) is 6.55. The average Bonchev–Trinajstić information content (AvgIpc) is 2.46. The van der Waals surface area contributed by atoms with E-state index in [4.69, 9.17) is 0 Å². The lowest BCUT2D eigenvalue weighted by Gasteiger charge is -2.14. The first-order valence-corrected chi connectivity index (χ1v) is 7.67. The maximum atomic E-state index is 3.64. The van der Waals surface area contributed by atoms with E-state index < -0.39 is 0 Å².